The minimum Gasteiger partial charge on any atom is -0.478 e. The first-order chi connectivity index (χ1) is 12.5. The molecular weight excluding hydrogens is 330 g/mol. The van der Waals surface area contributed by atoms with Gasteiger partial charge in [0.25, 0.3) is 0 Å². The number of carbonyl (C=O) groups excluding carboxylic acids is 1. The van der Waals surface area contributed by atoms with Crippen molar-refractivity contribution in [1.82, 2.24) is 0 Å². The molecule has 3 atom stereocenters. The van der Waals surface area contributed by atoms with Gasteiger partial charge < -0.3 is 15.5 Å². The molecule has 3 unspecified atom stereocenters. The molecule has 0 aromatic heterocycles. The van der Waals surface area contributed by atoms with Crippen molar-refractivity contribution in [3.05, 3.63) is 65.2 Å². The van der Waals surface area contributed by atoms with Crippen LogP contribution in [0.3, 0.4) is 0 Å². The Bertz CT molecular complexity index is 817. The summed E-state index contributed by atoms with van der Waals surface area (Å²) in [6.45, 7) is 2.12. The Labute approximate surface area is 152 Å². The lowest BCUT2D eigenvalue weighted by Gasteiger charge is -2.33. The summed E-state index contributed by atoms with van der Waals surface area (Å²) in [5.41, 5.74) is 1.18. The van der Waals surface area contributed by atoms with Crippen molar-refractivity contribution >= 4 is 17.4 Å². The molecule has 1 saturated carbocycles. The van der Waals surface area contributed by atoms with E-state index in [4.69, 9.17) is 0 Å². The highest BCUT2D eigenvalue weighted by molar-refractivity contribution is 6.16. The largest absolute Gasteiger partial charge is 0.478 e. The van der Waals surface area contributed by atoms with Crippen LogP contribution in [0.25, 0.3) is 0 Å². The number of carbonyl (C=O) groups is 2. The maximum Gasteiger partial charge on any atom is 0.336 e. The van der Waals surface area contributed by atoms with Crippen molar-refractivity contribution < 1.29 is 19.8 Å². The van der Waals surface area contributed by atoms with Crippen LogP contribution in [-0.2, 0) is 0 Å². The Morgan fingerprint density at radius 1 is 0.962 bits per heavy atom. The van der Waals surface area contributed by atoms with Crippen molar-refractivity contribution in [2.75, 3.05) is 5.32 Å². The first kappa shape index (κ1) is 18.1. The van der Waals surface area contributed by atoms with Gasteiger partial charge in [0.1, 0.15) is 0 Å². The van der Waals surface area contributed by atoms with Gasteiger partial charge in [-0.2, -0.15) is 0 Å². The molecule has 5 nitrogen and oxygen atoms in total. The lowest BCUT2D eigenvalue weighted by Crippen LogP contribution is -2.39. The van der Waals surface area contributed by atoms with E-state index in [1.165, 1.54) is 12.1 Å². The topological polar surface area (TPSA) is 86.6 Å². The predicted molar refractivity (Wildman–Crippen MR) is 99.7 cm³/mol. The van der Waals surface area contributed by atoms with Crippen molar-refractivity contribution in [2.24, 2.45) is 5.92 Å². The van der Waals surface area contributed by atoms with Crippen LogP contribution in [0.2, 0.25) is 0 Å². The standard InChI is InChI=1S/C21H23NO4/c1-13-10-11-18(19(23)12-13)22-17-9-5-4-8-16(17)20(24)14-6-2-3-7-15(14)21(25)26/h2-9,13,18-19,22-23H,10-12H2,1H3,(H,25,26). The molecule has 1 aliphatic rings. The number of anilines is 1. The molecule has 0 heterocycles. The monoisotopic (exact) mass is 353 g/mol. The molecule has 2 aromatic carbocycles. The lowest BCUT2D eigenvalue weighted by atomic mass is 9.85. The van der Waals surface area contributed by atoms with Crippen molar-refractivity contribution in [3.8, 4) is 0 Å². The Balaban J connectivity index is 1.90. The quantitative estimate of drug-likeness (QED) is 0.715. The summed E-state index contributed by atoms with van der Waals surface area (Å²) in [6, 6.07) is 13.1. The molecule has 2 aromatic rings. The highest BCUT2D eigenvalue weighted by Gasteiger charge is 2.28. The number of carboxylic acids is 1. The molecular formula is C21H23NO4. The van der Waals surface area contributed by atoms with Crippen LogP contribution in [0.5, 0.6) is 0 Å². The van der Waals surface area contributed by atoms with Gasteiger partial charge in [0.15, 0.2) is 5.78 Å². The van der Waals surface area contributed by atoms with Crippen LogP contribution in [-0.4, -0.2) is 34.1 Å². The summed E-state index contributed by atoms with van der Waals surface area (Å²) in [4.78, 5) is 24.4. The van der Waals surface area contributed by atoms with Crippen LogP contribution in [0.15, 0.2) is 48.5 Å². The Hall–Kier alpha value is -2.66. The smallest absolute Gasteiger partial charge is 0.336 e. The zero-order valence-electron chi connectivity index (χ0n) is 14.7. The zero-order valence-corrected chi connectivity index (χ0v) is 14.7. The van der Waals surface area contributed by atoms with Crippen LogP contribution < -0.4 is 5.32 Å². The van der Waals surface area contributed by atoms with E-state index in [0.717, 1.165) is 19.3 Å². The number of benzene rings is 2. The van der Waals surface area contributed by atoms with E-state index in [1.54, 1.807) is 30.3 Å². The summed E-state index contributed by atoms with van der Waals surface area (Å²) in [5, 5.41) is 23.0. The Morgan fingerprint density at radius 2 is 1.58 bits per heavy atom. The van der Waals surface area contributed by atoms with Gasteiger partial charge >= 0.3 is 5.97 Å². The second kappa shape index (κ2) is 7.70. The first-order valence-electron chi connectivity index (χ1n) is 8.88. The average Bonchev–Trinajstić information content (AvgIpc) is 2.64. The number of aliphatic hydroxyl groups is 1. The fraction of sp³-hybridized carbons (Fsp3) is 0.333. The van der Waals surface area contributed by atoms with E-state index in [1.807, 2.05) is 6.07 Å². The van der Waals surface area contributed by atoms with Crippen LogP contribution in [0.1, 0.15) is 52.5 Å². The highest BCUT2D eigenvalue weighted by Crippen LogP contribution is 2.29. The van der Waals surface area contributed by atoms with E-state index >= 15 is 0 Å². The number of hydrogen-bond acceptors (Lipinski definition) is 4. The predicted octanol–water partition coefficient (Wildman–Crippen LogP) is 3.58. The molecule has 0 saturated heterocycles. The summed E-state index contributed by atoms with van der Waals surface area (Å²) in [7, 11) is 0. The van der Waals surface area contributed by atoms with E-state index in [0.29, 0.717) is 17.2 Å². The van der Waals surface area contributed by atoms with Gasteiger partial charge in [-0.1, -0.05) is 37.3 Å². The third kappa shape index (κ3) is 3.78. The van der Waals surface area contributed by atoms with Gasteiger partial charge in [-0.15, -0.1) is 0 Å². The van der Waals surface area contributed by atoms with Crippen LogP contribution >= 0.6 is 0 Å². The molecule has 136 valence electrons. The number of aliphatic hydroxyl groups excluding tert-OH is 1. The van der Waals surface area contributed by atoms with E-state index in [-0.39, 0.29) is 23.0 Å². The second-order valence-corrected chi connectivity index (χ2v) is 6.96. The van der Waals surface area contributed by atoms with Gasteiger partial charge in [-0.05, 0) is 43.4 Å². The van der Waals surface area contributed by atoms with E-state index in [2.05, 4.69) is 12.2 Å². The molecule has 5 heteroatoms. The third-order valence-corrected chi connectivity index (χ3v) is 4.99. The summed E-state index contributed by atoms with van der Waals surface area (Å²) >= 11 is 0. The van der Waals surface area contributed by atoms with E-state index in [9.17, 15) is 19.8 Å². The minimum absolute atomic E-state index is 0.0150. The van der Waals surface area contributed by atoms with Crippen molar-refractivity contribution in [2.45, 2.75) is 38.3 Å². The summed E-state index contributed by atoms with van der Waals surface area (Å²) < 4.78 is 0. The molecule has 0 aliphatic heterocycles. The fourth-order valence-electron chi connectivity index (χ4n) is 3.54. The Kier molecular flexibility index (Phi) is 5.38. The van der Waals surface area contributed by atoms with Gasteiger partial charge in [0.05, 0.1) is 17.7 Å². The fourth-order valence-corrected chi connectivity index (χ4v) is 3.54. The van der Waals surface area contributed by atoms with Crippen molar-refractivity contribution in [1.29, 1.82) is 0 Å². The number of aromatic carboxylic acids is 1. The molecule has 26 heavy (non-hydrogen) atoms. The molecule has 0 spiro atoms. The normalized spacial score (nSPS) is 22.6. The van der Waals surface area contributed by atoms with Gasteiger partial charge in [-0.25, -0.2) is 4.79 Å². The molecule has 0 amide bonds. The molecule has 1 aliphatic carbocycles. The molecule has 1 fully saturated rings. The van der Waals surface area contributed by atoms with Gasteiger partial charge in [-0.3, -0.25) is 4.79 Å². The number of carboxylic acid groups (broad SMARTS) is 1. The van der Waals surface area contributed by atoms with Gasteiger partial charge in [0.2, 0.25) is 0 Å². The maximum absolute atomic E-state index is 13.0. The number of para-hydroxylation sites is 1. The highest BCUT2D eigenvalue weighted by atomic mass is 16.4. The zero-order chi connectivity index (χ0) is 18.7. The first-order valence-corrected chi connectivity index (χ1v) is 8.88. The number of nitrogens with one attached hydrogen (secondary N) is 1. The average molecular weight is 353 g/mol. The summed E-state index contributed by atoms with van der Waals surface area (Å²) in [5.74, 6) is -0.983. The second-order valence-electron chi connectivity index (χ2n) is 6.96. The SMILES string of the molecule is CC1CCC(Nc2ccccc2C(=O)c2ccccc2C(=O)O)C(O)C1. The summed E-state index contributed by atoms with van der Waals surface area (Å²) in [6.07, 6.45) is 2.12. The molecule has 0 radical (unpaired) electrons. The number of ketones is 1. The third-order valence-electron chi connectivity index (χ3n) is 4.99. The van der Waals surface area contributed by atoms with E-state index < -0.39 is 12.1 Å². The van der Waals surface area contributed by atoms with Crippen LogP contribution in [0.4, 0.5) is 5.69 Å². The van der Waals surface area contributed by atoms with Gasteiger partial charge in [0, 0.05) is 16.8 Å². The maximum atomic E-state index is 13.0. The van der Waals surface area contributed by atoms with Crippen molar-refractivity contribution in [3.63, 3.8) is 0 Å². The lowest BCUT2D eigenvalue weighted by molar-refractivity contribution is 0.0692. The Morgan fingerprint density at radius 3 is 2.23 bits per heavy atom. The molecule has 3 N–H and O–H groups in total. The number of hydrogen-bond donors (Lipinski definition) is 3. The van der Waals surface area contributed by atoms with Crippen LogP contribution in [0, 0.1) is 5.92 Å². The minimum atomic E-state index is -1.13. The molecule has 0 bridgehead atoms. The molecule has 3 rings (SSSR count). The number of rotatable bonds is 5.